The highest BCUT2D eigenvalue weighted by atomic mass is 79.9. The summed E-state index contributed by atoms with van der Waals surface area (Å²) >= 11 is 4.83. The number of benzene rings is 1. The highest BCUT2D eigenvalue weighted by Gasteiger charge is 2.08. The van der Waals surface area contributed by atoms with Crippen molar-refractivity contribution in [1.82, 2.24) is 5.32 Å². The number of thiophene rings is 1. The van der Waals surface area contributed by atoms with Gasteiger partial charge in [-0.3, -0.25) is 0 Å². The Hall–Kier alpha value is -1.47. The van der Waals surface area contributed by atoms with E-state index in [2.05, 4.69) is 26.6 Å². The van der Waals surface area contributed by atoms with Crippen LogP contribution in [0.4, 0.5) is 19.3 Å². The van der Waals surface area contributed by atoms with E-state index in [0.29, 0.717) is 12.6 Å². The van der Waals surface area contributed by atoms with Crippen LogP contribution in [-0.2, 0) is 6.54 Å². The summed E-state index contributed by atoms with van der Waals surface area (Å²) in [6.07, 6.45) is 0. The molecule has 0 saturated heterocycles. The molecule has 0 aliphatic heterocycles. The van der Waals surface area contributed by atoms with Crippen LogP contribution in [0, 0.1) is 11.6 Å². The highest BCUT2D eigenvalue weighted by molar-refractivity contribution is 9.10. The molecule has 0 unspecified atom stereocenters. The largest absolute Gasteiger partial charge is 0.333 e. The second kappa shape index (κ2) is 6.12. The first-order valence-corrected chi connectivity index (χ1v) is 6.95. The zero-order valence-electron chi connectivity index (χ0n) is 9.54. The summed E-state index contributed by atoms with van der Waals surface area (Å²) in [5.74, 6) is -1.50. The van der Waals surface area contributed by atoms with Gasteiger partial charge in [-0.1, -0.05) is 0 Å². The first kappa shape index (κ1) is 14.0. The van der Waals surface area contributed by atoms with Crippen LogP contribution in [0.15, 0.2) is 34.1 Å². The van der Waals surface area contributed by atoms with Crippen LogP contribution in [0.1, 0.15) is 4.88 Å². The molecular weight excluding hydrogens is 338 g/mol. The fourth-order valence-electron chi connectivity index (χ4n) is 1.37. The van der Waals surface area contributed by atoms with E-state index in [4.69, 9.17) is 0 Å². The number of carbonyl (C=O) groups is 1. The minimum atomic E-state index is -0.813. The summed E-state index contributed by atoms with van der Waals surface area (Å²) in [7, 11) is 0. The molecular formula is C12H9BrF2N2OS. The maximum absolute atomic E-state index is 13.3. The van der Waals surface area contributed by atoms with Gasteiger partial charge in [0.15, 0.2) is 0 Å². The molecule has 1 aromatic carbocycles. The van der Waals surface area contributed by atoms with Crippen molar-refractivity contribution in [3.8, 4) is 0 Å². The summed E-state index contributed by atoms with van der Waals surface area (Å²) in [5.41, 5.74) is -0.0656. The van der Waals surface area contributed by atoms with Crippen LogP contribution in [0.2, 0.25) is 0 Å². The molecule has 2 aromatic rings. The van der Waals surface area contributed by atoms with Crippen molar-refractivity contribution in [3.63, 3.8) is 0 Å². The number of halogens is 3. The molecule has 0 atom stereocenters. The first-order valence-electron chi connectivity index (χ1n) is 5.28. The predicted molar refractivity (Wildman–Crippen MR) is 74.2 cm³/mol. The molecule has 0 saturated carbocycles. The van der Waals surface area contributed by atoms with Gasteiger partial charge in [0.2, 0.25) is 0 Å². The average molecular weight is 347 g/mol. The maximum atomic E-state index is 13.3. The molecule has 19 heavy (non-hydrogen) atoms. The molecule has 1 aromatic heterocycles. The van der Waals surface area contributed by atoms with Crippen LogP contribution in [-0.4, -0.2) is 6.03 Å². The van der Waals surface area contributed by atoms with Crippen molar-refractivity contribution >= 4 is 39.0 Å². The maximum Gasteiger partial charge on any atom is 0.319 e. The Kier molecular flexibility index (Phi) is 4.49. The standard InChI is InChI=1S/C12H9BrF2N2OS/c13-8-3-4-19-11(8)6-16-12(18)17-10-2-1-7(14)5-9(10)15/h1-5H,6H2,(H2,16,17,18). The number of rotatable bonds is 3. The summed E-state index contributed by atoms with van der Waals surface area (Å²) in [6.45, 7) is 0.326. The van der Waals surface area contributed by atoms with Crippen molar-refractivity contribution in [2.75, 3.05) is 5.32 Å². The van der Waals surface area contributed by atoms with E-state index in [1.165, 1.54) is 17.4 Å². The zero-order chi connectivity index (χ0) is 13.8. The van der Waals surface area contributed by atoms with Crippen LogP contribution in [0.3, 0.4) is 0 Å². The monoisotopic (exact) mass is 346 g/mol. The van der Waals surface area contributed by atoms with E-state index in [0.717, 1.165) is 15.4 Å². The van der Waals surface area contributed by atoms with Gasteiger partial charge < -0.3 is 10.6 Å². The minimum absolute atomic E-state index is 0.0656. The third-order valence-corrected chi connectivity index (χ3v) is 4.21. The SMILES string of the molecule is O=C(NCc1sccc1Br)Nc1ccc(F)cc1F. The van der Waals surface area contributed by atoms with Crippen molar-refractivity contribution in [1.29, 1.82) is 0 Å². The smallest absolute Gasteiger partial charge is 0.319 e. The van der Waals surface area contributed by atoms with Crippen molar-refractivity contribution < 1.29 is 13.6 Å². The van der Waals surface area contributed by atoms with Gasteiger partial charge in [-0.15, -0.1) is 11.3 Å². The number of hydrogen-bond acceptors (Lipinski definition) is 2. The van der Waals surface area contributed by atoms with Gasteiger partial charge in [0.05, 0.1) is 12.2 Å². The fraction of sp³-hybridized carbons (Fsp3) is 0.0833. The van der Waals surface area contributed by atoms with Gasteiger partial charge in [0, 0.05) is 15.4 Å². The lowest BCUT2D eigenvalue weighted by atomic mass is 10.3. The fourth-order valence-corrected chi connectivity index (χ4v) is 2.80. The Morgan fingerprint density at radius 2 is 2.11 bits per heavy atom. The second-order valence-corrected chi connectivity index (χ2v) is 5.48. The number of anilines is 1. The molecule has 0 fully saturated rings. The molecule has 0 radical (unpaired) electrons. The third kappa shape index (κ3) is 3.74. The van der Waals surface area contributed by atoms with Gasteiger partial charge in [0.25, 0.3) is 0 Å². The van der Waals surface area contributed by atoms with Gasteiger partial charge in [-0.05, 0) is 39.5 Å². The Morgan fingerprint density at radius 1 is 1.32 bits per heavy atom. The van der Waals surface area contributed by atoms with Gasteiger partial charge >= 0.3 is 6.03 Å². The number of carbonyl (C=O) groups excluding carboxylic acids is 1. The lowest BCUT2D eigenvalue weighted by Crippen LogP contribution is -2.28. The lowest BCUT2D eigenvalue weighted by Gasteiger charge is -2.08. The van der Waals surface area contributed by atoms with E-state index in [1.54, 1.807) is 0 Å². The molecule has 0 aliphatic rings. The van der Waals surface area contributed by atoms with Gasteiger partial charge in [-0.2, -0.15) is 0 Å². The predicted octanol–water partition coefficient (Wildman–Crippen LogP) is 4.11. The number of nitrogens with one attached hydrogen (secondary N) is 2. The van der Waals surface area contributed by atoms with E-state index >= 15 is 0 Å². The van der Waals surface area contributed by atoms with Crippen LogP contribution >= 0.6 is 27.3 Å². The molecule has 7 heteroatoms. The number of amides is 2. The first-order chi connectivity index (χ1) is 9.06. The third-order valence-electron chi connectivity index (χ3n) is 2.28. The van der Waals surface area contributed by atoms with E-state index in [-0.39, 0.29) is 5.69 Å². The average Bonchev–Trinajstić information content (AvgIpc) is 2.76. The number of hydrogen-bond donors (Lipinski definition) is 2. The summed E-state index contributed by atoms with van der Waals surface area (Å²) < 4.78 is 26.9. The summed E-state index contributed by atoms with van der Waals surface area (Å²) in [5, 5.41) is 6.79. The number of urea groups is 1. The zero-order valence-corrected chi connectivity index (χ0v) is 11.9. The quantitative estimate of drug-likeness (QED) is 0.862. The van der Waals surface area contributed by atoms with Crippen molar-refractivity contribution in [2.45, 2.75) is 6.54 Å². The van der Waals surface area contributed by atoms with Crippen molar-refractivity contribution in [3.05, 3.63) is 50.6 Å². The second-order valence-electron chi connectivity index (χ2n) is 3.62. The van der Waals surface area contributed by atoms with E-state index in [1.807, 2.05) is 11.4 Å². The van der Waals surface area contributed by atoms with Crippen LogP contribution in [0.5, 0.6) is 0 Å². The molecule has 0 spiro atoms. The Balaban J connectivity index is 1.93. The Morgan fingerprint density at radius 3 is 2.74 bits per heavy atom. The molecule has 2 rings (SSSR count). The van der Waals surface area contributed by atoms with Crippen LogP contribution < -0.4 is 10.6 Å². The van der Waals surface area contributed by atoms with E-state index < -0.39 is 17.7 Å². The Labute approximate surface area is 120 Å². The summed E-state index contributed by atoms with van der Waals surface area (Å²) in [6, 6.07) is 4.29. The molecule has 100 valence electrons. The van der Waals surface area contributed by atoms with Crippen LogP contribution in [0.25, 0.3) is 0 Å². The lowest BCUT2D eigenvalue weighted by molar-refractivity contribution is 0.251. The molecule has 1 heterocycles. The topological polar surface area (TPSA) is 41.1 Å². The van der Waals surface area contributed by atoms with Gasteiger partial charge in [-0.25, -0.2) is 13.6 Å². The Bertz CT molecular complexity index is 603. The normalized spacial score (nSPS) is 10.3. The molecule has 0 aliphatic carbocycles. The highest BCUT2D eigenvalue weighted by Crippen LogP contribution is 2.22. The van der Waals surface area contributed by atoms with Gasteiger partial charge in [0.1, 0.15) is 11.6 Å². The van der Waals surface area contributed by atoms with Crippen molar-refractivity contribution in [2.24, 2.45) is 0 Å². The molecule has 2 N–H and O–H groups in total. The molecule has 3 nitrogen and oxygen atoms in total. The summed E-state index contributed by atoms with van der Waals surface area (Å²) in [4.78, 5) is 12.5. The molecule has 0 bridgehead atoms. The van der Waals surface area contributed by atoms with E-state index in [9.17, 15) is 13.6 Å². The minimum Gasteiger partial charge on any atom is -0.333 e. The molecule has 2 amide bonds.